The number of ether oxygens (including phenoxy) is 2. The van der Waals surface area contributed by atoms with Crippen molar-refractivity contribution in [1.82, 2.24) is 15.8 Å². The van der Waals surface area contributed by atoms with E-state index in [0.29, 0.717) is 22.2 Å². The Kier molecular flexibility index (Phi) is 4.44. The number of amides is 5. The van der Waals surface area contributed by atoms with Crippen LogP contribution in [0.5, 0.6) is 0 Å². The zero-order valence-corrected chi connectivity index (χ0v) is 19.0. The number of morpholine rings is 1. The highest BCUT2D eigenvalue weighted by Crippen LogP contribution is 2.50. The lowest BCUT2D eigenvalue weighted by atomic mass is 9.66. The van der Waals surface area contributed by atoms with E-state index in [9.17, 15) is 19.2 Å². The van der Waals surface area contributed by atoms with Crippen molar-refractivity contribution in [2.75, 3.05) is 16.4 Å². The molecule has 5 amide bonds. The van der Waals surface area contributed by atoms with E-state index >= 15 is 4.39 Å². The van der Waals surface area contributed by atoms with E-state index in [4.69, 9.17) is 14.0 Å². The predicted molar refractivity (Wildman–Crippen MR) is 116 cm³/mol. The number of hydrogen-bond donors (Lipinski definition) is 2. The lowest BCUT2D eigenvalue weighted by Crippen LogP contribution is -2.76. The molecule has 5 heterocycles. The molecule has 0 aliphatic carbocycles. The van der Waals surface area contributed by atoms with Crippen molar-refractivity contribution >= 4 is 46.4 Å². The summed E-state index contributed by atoms with van der Waals surface area (Å²) in [4.78, 5) is 53.4. The van der Waals surface area contributed by atoms with Crippen LogP contribution < -0.4 is 20.4 Å². The molecule has 5 atom stereocenters. The fourth-order valence-corrected chi connectivity index (χ4v) is 5.77. The standard InChI is InChI=1S/C22H22FN5O7/c1-8-7-33-21(32)27(8)17-12-4-11-6-22(18(29)24-20(31)25-19(22)30)15-9(2)34-10(3)16(23)28(15)13(11)5-14(12)35-26-17/h4-5,8-10,15-16H,6-7H2,1-3H3,(H2,24,25,29,30,31)/t8-,9?,10?,15?,16?/m0/s1. The molecule has 4 aliphatic rings. The molecule has 12 nitrogen and oxygen atoms in total. The molecule has 3 saturated heterocycles. The number of fused-ring (bicyclic) bond motifs is 5. The van der Waals surface area contributed by atoms with Crippen molar-refractivity contribution in [2.24, 2.45) is 5.41 Å². The van der Waals surface area contributed by atoms with Gasteiger partial charge in [-0.3, -0.25) is 25.1 Å². The van der Waals surface area contributed by atoms with E-state index in [1.807, 2.05) is 0 Å². The lowest BCUT2D eigenvalue weighted by Gasteiger charge is -2.56. The van der Waals surface area contributed by atoms with Gasteiger partial charge in [0.05, 0.1) is 23.6 Å². The molecule has 1 spiro atoms. The number of nitrogens with zero attached hydrogens (tertiary/aromatic N) is 3. The molecule has 3 fully saturated rings. The predicted octanol–water partition coefficient (Wildman–Crippen LogP) is 1.36. The Hall–Kier alpha value is -3.74. The number of aromatic nitrogens is 1. The number of benzene rings is 1. The summed E-state index contributed by atoms with van der Waals surface area (Å²) in [5.41, 5.74) is -0.663. The van der Waals surface area contributed by atoms with Crippen LogP contribution in [0.25, 0.3) is 11.0 Å². The molecule has 6 rings (SSSR count). The molecule has 4 aliphatic heterocycles. The third kappa shape index (κ3) is 2.78. The second kappa shape index (κ2) is 7.13. The number of rotatable bonds is 1. The van der Waals surface area contributed by atoms with Crippen LogP contribution in [-0.4, -0.2) is 66.3 Å². The highest BCUT2D eigenvalue weighted by atomic mass is 19.1. The van der Waals surface area contributed by atoms with Gasteiger partial charge in [0.25, 0.3) is 0 Å². The van der Waals surface area contributed by atoms with Crippen molar-refractivity contribution in [2.45, 2.75) is 57.8 Å². The third-order valence-corrected chi connectivity index (χ3v) is 7.31. The summed E-state index contributed by atoms with van der Waals surface area (Å²) in [6, 6.07) is 0.966. The Morgan fingerprint density at radius 1 is 1.09 bits per heavy atom. The molecular weight excluding hydrogens is 465 g/mol. The molecule has 184 valence electrons. The van der Waals surface area contributed by atoms with E-state index in [1.165, 1.54) is 9.80 Å². The summed E-state index contributed by atoms with van der Waals surface area (Å²) in [7, 11) is 0. The molecule has 4 unspecified atom stereocenters. The van der Waals surface area contributed by atoms with Crippen LogP contribution in [0.15, 0.2) is 16.7 Å². The fraction of sp³-hybridized carbons (Fsp3) is 0.500. The normalized spacial score (nSPS) is 31.8. The number of urea groups is 1. The van der Waals surface area contributed by atoms with E-state index in [0.717, 1.165) is 0 Å². The van der Waals surface area contributed by atoms with Gasteiger partial charge in [0, 0.05) is 11.8 Å². The number of imide groups is 2. The number of hydrogen-bond acceptors (Lipinski definition) is 9. The van der Waals surface area contributed by atoms with Crippen LogP contribution in [0, 0.1) is 5.41 Å². The number of carbonyl (C=O) groups is 4. The van der Waals surface area contributed by atoms with Gasteiger partial charge in [0.15, 0.2) is 23.1 Å². The van der Waals surface area contributed by atoms with Crippen LogP contribution in [-0.2, 0) is 25.5 Å². The summed E-state index contributed by atoms with van der Waals surface area (Å²) in [6.07, 6.45) is -3.99. The van der Waals surface area contributed by atoms with Crippen LogP contribution >= 0.6 is 0 Å². The zero-order valence-electron chi connectivity index (χ0n) is 19.0. The topological polar surface area (TPSA) is 143 Å². The first-order chi connectivity index (χ1) is 16.6. The van der Waals surface area contributed by atoms with Crippen molar-refractivity contribution < 1.29 is 37.6 Å². The maximum atomic E-state index is 15.7. The lowest BCUT2D eigenvalue weighted by molar-refractivity contribution is -0.159. The number of anilines is 2. The first-order valence-corrected chi connectivity index (χ1v) is 11.3. The minimum Gasteiger partial charge on any atom is -0.447 e. The Bertz CT molecular complexity index is 1290. The van der Waals surface area contributed by atoms with Gasteiger partial charge in [-0.15, -0.1) is 0 Å². The molecule has 13 heteroatoms. The van der Waals surface area contributed by atoms with Gasteiger partial charge in [-0.2, -0.15) is 0 Å². The van der Waals surface area contributed by atoms with Crippen LogP contribution in [0.3, 0.4) is 0 Å². The molecule has 0 saturated carbocycles. The van der Waals surface area contributed by atoms with Gasteiger partial charge in [-0.25, -0.2) is 14.0 Å². The second-order valence-corrected chi connectivity index (χ2v) is 9.44. The number of carbonyl (C=O) groups excluding carboxylic acids is 4. The summed E-state index contributed by atoms with van der Waals surface area (Å²) in [5, 5.41) is 8.83. The monoisotopic (exact) mass is 487 g/mol. The smallest absolute Gasteiger partial charge is 0.416 e. The molecular formula is C22H22FN5O7. The van der Waals surface area contributed by atoms with Crippen LogP contribution in [0.2, 0.25) is 0 Å². The maximum absolute atomic E-state index is 15.7. The van der Waals surface area contributed by atoms with E-state index < -0.39 is 53.9 Å². The summed E-state index contributed by atoms with van der Waals surface area (Å²) in [6.45, 7) is 5.20. The van der Waals surface area contributed by atoms with E-state index in [2.05, 4.69) is 15.8 Å². The summed E-state index contributed by atoms with van der Waals surface area (Å²) in [5.74, 6) is -1.43. The van der Waals surface area contributed by atoms with Crippen molar-refractivity contribution in [1.29, 1.82) is 0 Å². The molecule has 0 radical (unpaired) electrons. The quantitative estimate of drug-likeness (QED) is 0.450. The molecule has 1 aromatic heterocycles. The van der Waals surface area contributed by atoms with Gasteiger partial charge < -0.3 is 18.9 Å². The zero-order chi connectivity index (χ0) is 24.8. The third-order valence-electron chi connectivity index (χ3n) is 7.31. The molecule has 1 aromatic carbocycles. The van der Waals surface area contributed by atoms with Crippen molar-refractivity contribution in [3.63, 3.8) is 0 Å². The Morgan fingerprint density at radius 3 is 2.46 bits per heavy atom. The average molecular weight is 487 g/mol. The molecule has 35 heavy (non-hydrogen) atoms. The number of cyclic esters (lactones) is 1. The van der Waals surface area contributed by atoms with E-state index in [-0.39, 0.29) is 24.9 Å². The summed E-state index contributed by atoms with van der Waals surface area (Å²) < 4.78 is 32.1. The van der Waals surface area contributed by atoms with Gasteiger partial charge in [0.1, 0.15) is 12.7 Å². The number of nitrogens with one attached hydrogen (secondary N) is 2. The van der Waals surface area contributed by atoms with Gasteiger partial charge >= 0.3 is 12.1 Å². The van der Waals surface area contributed by atoms with Crippen molar-refractivity contribution in [3.8, 4) is 0 Å². The second-order valence-electron chi connectivity index (χ2n) is 9.44. The van der Waals surface area contributed by atoms with Crippen molar-refractivity contribution in [3.05, 3.63) is 17.7 Å². The van der Waals surface area contributed by atoms with Crippen LogP contribution in [0.4, 0.5) is 25.5 Å². The largest absolute Gasteiger partial charge is 0.447 e. The minimum atomic E-state index is -1.84. The first-order valence-electron chi connectivity index (χ1n) is 11.3. The van der Waals surface area contributed by atoms with Gasteiger partial charge in [-0.1, -0.05) is 5.16 Å². The Balaban J connectivity index is 1.57. The highest BCUT2D eigenvalue weighted by molar-refractivity contribution is 6.20. The van der Waals surface area contributed by atoms with Gasteiger partial charge in [-0.05, 0) is 38.8 Å². The Labute approximate surface area is 197 Å². The number of alkyl halides is 1. The highest BCUT2D eigenvalue weighted by Gasteiger charge is 2.64. The maximum Gasteiger partial charge on any atom is 0.416 e. The van der Waals surface area contributed by atoms with E-state index in [1.54, 1.807) is 32.9 Å². The molecule has 2 aromatic rings. The Morgan fingerprint density at radius 2 is 1.80 bits per heavy atom. The SMILES string of the molecule is CC1OC(C)C2N(c3cc4onc(N5C(=O)OC[C@@H]5C)c4cc3CC23C(=O)NC(=O)NC3=O)C1F. The molecule has 0 bridgehead atoms. The fourth-order valence-electron chi connectivity index (χ4n) is 5.77. The molecule has 2 N–H and O–H groups in total. The average Bonchev–Trinajstić information content (AvgIpc) is 3.35. The number of halogens is 1. The summed E-state index contributed by atoms with van der Waals surface area (Å²) >= 11 is 0. The number of barbiturate groups is 1. The van der Waals surface area contributed by atoms with Crippen LogP contribution in [0.1, 0.15) is 26.3 Å². The first kappa shape index (κ1) is 21.8. The minimum absolute atomic E-state index is 0.135. The van der Waals surface area contributed by atoms with Gasteiger partial charge in [0.2, 0.25) is 11.8 Å².